The molecule has 0 saturated heterocycles. The highest BCUT2D eigenvalue weighted by Crippen LogP contribution is 2.30. The number of hydrogen-bond acceptors (Lipinski definition) is 4. The Morgan fingerprint density at radius 3 is 3.00 bits per heavy atom. The normalized spacial score (nSPS) is 17.4. The molecule has 0 unspecified atom stereocenters. The molecule has 132 valence electrons. The molecule has 4 rings (SSSR count). The molecule has 1 aliphatic carbocycles. The predicted octanol–water partition coefficient (Wildman–Crippen LogP) is 3.78. The summed E-state index contributed by atoms with van der Waals surface area (Å²) in [5.74, 6) is 0.827. The predicted molar refractivity (Wildman–Crippen MR) is 96.0 cm³/mol. The average molecular weight is 379 g/mol. The molecular weight excluding hydrogens is 360 g/mol. The number of rotatable bonds is 4. The Morgan fingerprint density at radius 2 is 2.28 bits per heavy atom. The molecule has 0 radical (unpaired) electrons. The van der Waals surface area contributed by atoms with E-state index in [2.05, 4.69) is 9.56 Å². The molecule has 1 amide bonds. The second-order valence-corrected chi connectivity index (χ2v) is 7.91. The second-order valence-electron chi connectivity index (χ2n) is 6.42. The van der Waals surface area contributed by atoms with Crippen LogP contribution in [0.15, 0.2) is 23.2 Å². The number of nitrogens with zero attached hydrogens (tertiary/aromatic N) is 2. The van der Waals surface area contributed by atoms with E-state index in [9.17, 15) is 4.79 Å². The summed E-state index contributed by atoms with van der Waals surface area (Å²) in [6.45, 7) is 2.12. The molecule has 7 heteroatoms. The lowest BCUT2D eigenvalue weighted by atomic mass is 9.85. The third kappa shape index (κ3) is 3.26. The van der Waals surface area contributed by atoms with Crippen molar-refractivity contribution in [3.63, 3.8) is 0 Å². The lowest BCUT2D eigenvalue weighted by molar-refractivity contribution is 0.0993. The molecule has 25 heavy (non-hydrogen) atoms. The van der Waals surface area contributed by atoms with E-state index >= 15 is 0 Å². The number of amides is 1. The van der Waals surface area contributed by atoms with Crippen molar-refractivity contribution in [2.45, 2.75) is 39.0 Å². The maximum absolute atomic E-state index is 12.8. The van der Waals surface area contributed by atoms with Crippen molar-refractivity contribution in [3.8, 4) is 5.75 Å². The van der Waals surface area contributed by atoms with Crippen LogP contribution in [-0.4, -0.2) is 17.6 Å². The van der Waals surface area contributed by atoms with Crippen molar-refractivity contribution in [1.29, 1.82) is 0 Å². The van der Waals surface area contributed by atoms with Gasteiger partial charge in [0.25, 0.3) is 5.91 Å². The van der Waals surface area contributed by atoms with Gasteiger partial charge in [0.15, 0.2) is 4.80 Å². The summed E-state index contributed by atoms with van der Waals surface area (Å²) < 4.78 is 13.0. The smallest absolute Gasteiger partial charge is 0.283 e. The van der Waals surface area contributed by atoms with Crippen LogP contribution in [0, 0.1) is 5.92 Å². The number of halogens is 1. The number of carbonyl (C=O) groups is 1. The SMILES string of the molecule is COc1ccc(Cl)cc1C(=O)N=c1sc2c(n1CC1CCC1)COC2. The summed E-state index contributed by atoms with van der Waals surface area (Å²) >= 11 is 7.58. The third-order valence-corrected chi connectivity index (χ3v) is 6.15. The molecule has 2 heterocycles. The van der Waals surface area contributed by atoms with Crippen molar-refractivity contribution in [1.82, 2.24) is 4.57 Å². The van der Waals surface area contributed by atoms with Gasteiger partial charge in [-0.15, -0.1) is 0 Å². The van der Waals surface area contributed by atoms with Gasteiger partial charge in [0.2, 0.25) is 0 Å². The lowest BCUT2D eigenvalue weighted by Crippen LogP contribution is -2.26. The first-order chi connectivity index (χ1) is 12.2. The van der Waals surface area contributed by atoms with Gasteiger partial charge in [-0.2, -0.15) is 4.99 Å². The zero-order chi connectivity index (χ0) is 17.4. The fraction of sp³-hybridized carbons (Fsp3) is 0.444. The molecular formula is C18H19ClN2O3S. The highest BCUT2D eigenvalue weighted by molar-refractivity contribution is 7.09. The molecule has 1 saturated carbocycles. The van der Waals surface area contributed by atoms with Crippen LogP contribution in [0.2, 0.25) is 5.02 Å². The van der Waals surface area contributed by atoms with Crippen LogP contribution in [0.3, 0.4) is 0 Å². The number of aromatic nitrogens is 1. The molecule has 0 N–H and O–H groups in total. The van der Waals surface area contributed by atoms with Crippen LogP contribution in [0.1, 0.15) is 40.2 Å². The average Bonchev–Trinajstić information content (AvgIpc) is 3.12. The van der Waals surface area contributed by atoms with Gasteiger partial charge in [0.1, 0.15) is 5.75 Å². The maximum atomic E-state index is 12.8. The van der Waals surface area contributed by atoms with E-state index in [1.165, 1.54) is 36.9 Å². The summed E-state index contributed by atoms with van der Waals surface area (Å²) in [4.78, 5) is 19.1. The molecule has 2 aromatic rings. The van der Waals surface area contributed by atoms with Gasteiger partial charge in [-0.1, -0.05) is 29.4 Å². The summed E-state index contributed by atoms with van der Waals surface area (Å²) in [6.07, 6.45) is 3.78. The molecule has 1 aromatic carbocycles. The highest BCUT2D eigenvalue weighted by Gasteiger charge is 2.25. The van der Waals surface area contributed by atoms with Crippen molar-refractivity contribution >= 4 is 28.8 Å². The van der Waals surface area contributed by atoms with Crippen molar-refractivity contribution in [3.05, 3.63) is 44.2 Å². The van der Waals surface area contributed by atoms with Crippen LogP contribution in [0.25, 0.3) is 0 Å². The van der Waals surface area contributed by atoms with Crippen LogP contribution < -0.4 is 9.54 Å². The van der Waals surface area contributed by atoms with Gasteiger partial charge in [-0.25, -0.2) is 0 Å². The highest BCUT2D eigenvalue weighted by atomic mass is 35.5. The molecule has 0 atom stereocenters. The summed E-state index contributed by atoms with van der Waals surface area (Å²) in [6, 6.07) is 4.99. The first-order valence-electron chi connectivity index (χ1n) is 8.37. The molecule has 1 aliphatic heterocycles. The molecule has 0 bridgehead atoms. The quantitative estimate of drug-likeness (QED) is 0.813. The van der Waals surface area contributed by atoms with E-state index in [0.717, 1.165) is 11.3 Å². The first kappa shape index (κ1) is 16.8. The Labute approximate surface area is 154 Å². The Hall–Kier alpha value is -1.63. The summed E-state index contributed by atoms with van der Waals surface area (Å²) in [5, 5.41) is 0.490. The van der Waals surface area contributed by atoms with Crippen LogP contribution in [0.4, 0.5) is 0 Å². The van der Waals surface area contributed by atoms with Gasteiger partial charge >= 0.3 is 0 Å². The van der Waals surface area contributed by atoms with Gasteiger partial charge < -0.3 is 14.0 Å². The van der Waals surface area contributed by atoms with Gasteiger partial charge in [0, 0.05) is 11.6 Å². The summed E-state index contributed by atoms with van der Waals surface area (Å²) in [7, 11) is 1.54. The van der Waals surface area contributed by atoms with Gasteiger partial charge in [-0.3, -0.25) is 4.79 Å². The topological polar surface area (TPSA) is 52.8 Å². The molecule has 0 spiro atoms. The van der Waals surface area contributed by atoms with E-state index in [1.54, 1.807) is 29.5 Å². The molecule has 2 aliphatic rings. The minimum atomic E-state index is -0.331. The molecule has 1 fully saturated rings. The van der Waals surface area contributed by atoms with Crippen molar-refractivity contribution < 1.29 is 14.3 Å². The second kappa shape index (κ2) is 6.94. The van der Waals surface area contributed by atoms with E-state index in [4.69, 9.17) is 21.1 Å². The Bertz CT molecular complexity index is 883. The monoisotopic (exact) mass is 378 g/mol. The number of benzene rings is 1. The standard InChI is InChI=1S/C18H19ClN2O3S/c1-23-15-6-5-12(19)7-13(15)17(22)20-18-21(8-11-3-2-4-11)14-9-24-10-16(14)25-18/h5-7,11H,2-4,8-10H2,1H3. The maximum Gasteiger partial charge on any atom is 0.283 e. The van der Waals surface area contributed by atoms with Gasteiger partial charge in [0.05, 0.1) is 36.5 Å². The minimum absolute atomic E-state index is 0.331. The van der Waals surface area contributed by atoms with Crippen LogP contribution in [-0.2, 0) is 24.5 Å². The minimum Gasteiger partial charge on any atom is -0.496 e. The third-order valence-electron chi connectivity index (χ3n) is 4.82. The van der Waals surface area contributed by atoms with Crippen LogP contribution in [0.5, 0.6) is 5.75 Å². The van der Waals surface area contributed by atoms with Crippen molar-refractivity contribution in [2.24, 2.45) is 10.9 Å². The number of methoxy groups -OCH3 is 1. The fourth-order valence-corrected chi connectivity index (χ4v) is 4.45. The molecule has 5 nitrogen and oxygen atoms in total. The number of fused-ring (bicyclic) bond motifs is 1. The van der Waals surface area contributed by atoms with Gasteiger partial charge in [-0.05, 0) is 37.0 Å². The number of ether oxygens (including phenoxy) is 2. The van der Waals surface area contributed by atoms with Crippen molar-refractivity contribution in [2.75, 3.05) is 7.11 Å². The zero-order valence-electron chi connectivity index (χ0n) is 14.0. The number of carbonyl (C=O) groups excluding carboxylic acids is 1. The van der Waals surface area contributed by atoms with E-state index in [0.29, 0.717) is 35.5 Å². The van der Waals surface area contributed by atoms with Crippen LogP contribution >= 0.6 is 22.9 Å². The fourth-order valence-electron chi connectivity index (χ4n) is 3.20. The largest absolute Gasteiger partial charge is 0.496 e. The number of thiazole rings is 1. The number of hydrogen-bond donors (Lipinski definition) is 0. The van der Waals surface area contributed by atoms with E-state index < -0.39 is 0 Å². The first-order valence-corrected chi connectivity index (χ1v) is 9.57. The van der Waals surface area contributed by atoms with E-state index in [-0.39, 0.29) is 5.91 Å². The Morgan fingerprint density at radius 1 is 1.44 bits per heavy atom. The lowest BCUT2D eigenvalue weighted by Gasteiger charge is -2.26. The molecule has 1 aromatic heterocycles. The zero-order valence-corrected chi connectivity index (χ0v) is 15.5. The summed E-state index contributed by atoms with van der Waals surface area (Å²) in [5.41, 5.74) is 1.55. The Kier molecular flexibility index (Phi) is 4.67. The van der Waals surface area contributed by atoms with E-state index in [1.807, 2.05) is 0 Å². The Balaban J connectivity index is 1.73.